The van der Waals surface area contributed by atoms with Crippen molar-refractivity contribution >= 4 is 27.7 Å². The van der Waals surface area contributed by atoms with Crippen LogP contribution in [0.1, 0.15) is 55.8 Å². The normalized spacial score (nSPS) is 18.5. The molecule has 1 heterocycles. The smallest absolute Gasteiger partial charge is 0.244 e. The number of carbonyl (C=O) groups excluding carboxylic acids is 1. The van der Waals surface area contributed by atoms with Gasteiger partial charge in [0.1, 0.15) is 16.0 Å². The Hall–Kier alpha value is -1.97. The van der Waals surface area contributed by atoms with Gasteiger partial charge < -0.3 is 5.32 Å². The van der Waals surface area contributed by atoms with E-state index in [-0.39, 0.29) is 28.7 Å². The van der Waals surface area contributed by atoms with Gasteiger partial charge in [-0.2, -0.15) is 4.31 Å². The average molecular weight is 478 g/mol. The standard InChI is InChI=1S/C23H28FN3O3S2/c1-27(19-5-3-2-4-6-19)32(29,30)20-13-14-21(25-15-20)31-22(23(28)26-18-11-12-18)16-7-9-17(24)10-8-16/h7-10,13-15,18-19,22H,2-6,11-12H2,1H3,(H,26,28). The highest BCUT2D eigenvalue weighted by Gasteiger charge is 2.31. The Bertz CT molecular complexity index is 1040. The van der Waals surface area contributed by atoms with Gasteiger partial charge in [0.15, 0.2) is 0 Å². The Morgan fingerprint density at radius 2 is 1.78 bits per heavy atom. The van der Waals surface area contributed by atoms with E-state index >= 15 is 0 Å². The minimum absolute atomic E-state index is 0.0248. The number of thioether (sulfide) groups is 1. The molecule has 1 N–H and O–H groups in total. The van der Waals surface area contributed by atoms with Crippen LogP contribution in [0.4, 0.5) is 4.39 Å². The maximum absolute atomic E-state index is 13.4. The Morgan fingerprint density at radius 1 is 1.09 bits per heavy atom. The SMILES string of the molecule is CN(C1CCCCC1)S(=O)(=O)c1ccc(SC(C(=O)NC2CC2)c2ccc(F)cc2)nc1. The topological polar surface area (TPSA) is 79.4 Å². The number of carbonyl (C=O) groups is 1. The summed E-state index contributed by atoms with van der Waals surface area (Å²) in [7, 11) is -1.98. The molecule has 2 saturated carbocycles. The van der Waals surface area contributed by atoms with Crippen LogP contribution in [-0.2, 0) is 14.8 Å². The van der Waals surface area contributed by atoms with Gasteiger partial charge in [0.05, 0.1) is 5.03 Å². The second-order valence-corrected chi connectivity index (χ2v) is 11.6. The van der Waals surface area contributed by atoms with Gasteiger partial charge in [-0.25, -0.2) is 17.8 Å². The van der Waals surface area contributed by atoms with Crippen LogP contribution in [0.25, 0.3) is 0 Å². The molecule has 1 aromatic heterocycles. The van der Waals surface area contributed by atoms with Crippen molar-refractivity contribution in [1.29, 1.82) is 0 Å². The predicted octanol–water partition coefficient (Wildman–Crippen LogP) is 4.29. The lowest BCUT2D eigenvalue weighted by atomic mass is 9.96. The van der Waals surface area contributed by atoms with Crippen LogP contribution >= 0.6 is 11.8 Å². The molecule has 1 unspecified atom stereocenters. The van der Waals surface area contributed by atoms with Crippen molar-refractivity contribution in [3.05, 3.63) is 54.0 Å². The first-order valence-corrected chi connectivity index (χ1v) is 13.3. The first-order valence-electron chi connectivity index (χ1n) is 11.0. The van der Waals surface area contributed by atoms with Gasteiger partial charge in [-0.15, -0.1) is 0 Å². The van der Waals surface area contributed by atoms with Crippen molar-refractivity contribution in [2.24, 2.45) is 0 Å². The summed E-state index contributed by atoms with van der Waals surface area (Å²) in [6.07, 6.45) is 8.30. The lowest BCUT2D eigenvalue weighted by molar-refractivity contribution is -0.120. The van der Waals surface area contributed by atoms with Crippen molar-refractivity contribution in [2.75, 3.05) is 7.05 Å². The van der Waals surface area contributed by atoms with Crippen LogP contribution < -0.4 is 5.32 Å². The van der Waals surface area contributed by atoms with Gasteiger partial charge in [0.25, 0.3) is 0 Å². The number of sulfonamides is 1. The number of hydrogen-bond donors (Lipinski definition) is 1. The molecule has 32 heavy (non-hydrogen) atoms. The first-order chi connectivity index (χ1) is 15.3. The van der Waals surface area contributed by atoms with Crippen molar-refractivity contribution in [3.8, 4) is 0 Å². The third-order valence-corrected chi connectivity index (χ3v) is 9.15. The van der Waals surface area contributed by atoms with E-state index in [0.717, 1.165) is 44.9 Å². The van der Waals surface area contributed by atoms with E-state index in [1.165, 1.54) is 34.4 Å². The number of nitrogens with zero attached hydrogens (tertiary/aromatic N) is 2. The fraction of sp³-hybridized carbons (Fsp3) is 0.478. The molecule has 4 rings (SSSR count). The summed E-state index contributed by atoms with van der Waals surface area (Å²) in [6.45, 7) is 0. The van der Waals surface area contributed by atoms with Crippen LogP contribution in [0, 0.1) is 5.82 Å². The molecule has 2 aliphatic rings. The zero-order chi connectivity index (χ0) is 22.7. The largest absolute Gasteiger partial charge is 0.352 e. The van der Waals surface area contributed by atoms with E-state index in [4.69, 9.17) is 0 Å². The highest BCUT2D eigenvalue weighted by Crippen LogP contribution is 2.36. The zero-order valence-electron chi connectivity index (χ0n) is 18.0. The van der Waals surface area contributed by atoms with Gasteiger partial charge in [0, 0.05) is 25.3 Å². The van der Waals surface area contributed by atoms with Crippen LogP contribution in [0.2, 0.25) is 0 Å². The monoisotopic (exact) mass is 477 g/mol. The number of nitrogens with one attached hydrogen (secondary N) is 1. The van der Waals surface area contributed by atoms with E-state index in [1.807, 2.05) is 0 Å². The number of aromatic nitrogens is 1. The summed E-state index contributed by atoms with van der Waals surface area (Å²) in [5.74, 6) is -0.519. The quantitative estimate of drug-likeness (QED) is 0.574. The van der Waals surface area contributed by atoms with Crippen LogP contribution in [-0.4, -0.2) is 42.7 Å². The summed E-state index contributed by atoms with van der Waals surface area (Å²) in [4.78, 5) is 17.3. The van der Waals surface area contributed by atoms with Crippen LogP contribution in [0.3, 0.4) is 0 Å². The number of amides is 1. The fourth-order valence-corrected chi connectivity index (χ4v) is 6.26. The number of halogens is 1. The molecule has 0 saturated heterocycles. The third-order valence-electron chi connectivity index (χ3n) is 6.05. The van der Waals surface area contributed by atoms with E-state index in [9.17, 15) is 17.6 Å². The average Bonchev–Trinajstić information content (AvgIpc) is 3.62. The first kappa shape index (κ1) is 23.2. The Balaban J connectivity index is 1.50. The highest BCUT2D eigenvalue weighted by atomic mass is 32.2. The molecule has 2 fully saturated rings. The summed E-state index contributed by atoms with van der Waals surface area (Å²) in [5, 5.41) is 2.92. The lowest BCUT2D eigenvalue weighted by Crippen LogP contribution is -2.38. The minimum atomic E-state index is -3.62. The third kappa shape index (κ3) is 5.50. The molecule has 1 atom stereocenters. The molecule has 9 heteroatoms. The molecule has 0 bridgehead atoms. The molecule has 2 aliphatic carbocycles. The molecule has 1 aromatic carbocycles. The minimum Gasteiger partial charge on any atom is -0.352 e. The fourth-order valence-electron chi connectivity index (χ4n) is 3.93. The molecular formula is C23H28FN3O3S2. The Labute approximate surface area is 193 Å². The van der Waals surface area contributed by atoms with Gasteiger partial charge >= 0.3 is 0 Å². The van der Waals surface area contributed by atoms with Gasteiger partial charge in [-0.3, -0.25) is 4.79 Å². The zero-order valence-corrected chi connectivity index (χ0v) is 19.7. The summed E-state index contributed by atoms with van der Waals surface area (Å²) >= 11 is 1.23. The lowest BCUT2D eigenvalue weighted by Gasteiger charge is -2.30. The summed E-state index contributed by atoms with van der Waals surface area (Å²) in [6, 6.07) is 9.25. The molecule has 172 valence electrons. The van der Waals surface area contributed by atoms with Crippen molar-refractivity contribution in [2.45, 2.75) is 72.2 Å². The molecule has 6 nitrogen and oxygen atoms in total. The van der Waals surface area contributed by atoms with Gasteiger partial charge in [0.2, 0.25) is 15.9 Å². The number of hydrogen-bond acceptors (Lipinski definition) is 5. The summed E-state index contributed by atoms with van der Waals surface area (Å²) < 4.78 is 40.9. The van der Waals surface area contributed by atoms with Crippen molar-refractivity contribution in [1.82, 2.24) is 14.6 Å². The van der Waals surface area contributed by atoms with Crippen molar-refractivity contribution in [3.63, 3.8) is 0 Å². The number of benzene rings is 1. The Morgan fingerprint density at radius 3 is 2.38 bits per heavy atom. The molecule has 0 radical (unpaired) electrons. The number of rotatable bonds is 8. The van der Waals surface area contributed by atoms with E-state index < -0.39 is 15.3 Å². The second-order valence-electron chi connectivity index (χ2n) is 8.48. The number of pyridine rings is 1. The predicted molar refractivity (Wildman–Crippen MR) is 122 cm³/mol. The van der Waals surface area contributed by atoms with Gasteiger partial charge in [-0.1, -0.05) is 43.2 Å². The molecule has 1 amide bonds. The van der Waals surface area contributed by atoms with Gasteiger partial charge in [-0.05, 0) is 55.5 Å². The maximum atomic E-state index is 13.4. The Kier molecular flexibility index (Phi) is 7.17. The van der Waals surface area contributed by atoms with Crippen LogP contribution in [0.15, 0.2) is 52.5 Å². The van der Waals surface area contributed by atoms with E-state index in [1.54, 1.807) is 31.3 Å². The van der Waals surface area contributed by atoms with E-state index in [0.29, 0.717) is 10.6 Å². The second kappa shape index (κ2) is 9.89. The molecular weight excluding hydrogens is 449 g/mol. The molecule has 0 aliphatic heterocycles. The summed E-state index contributed by atoms with van der Waals surface area (Å²) in [5.41, 5.74) is 0.671. The molecule has 2 aromatic rings. The van der Waals surface area contributed by atoms with Crippen LogP contribution in [0.5, 0.6) is 0 Å². The maximum Gasteiger partial charge on any atom is 0.244 e. The molecule has 0 spiro atoms. The van der Waals surface area contributed by atoms with Crippen molar-refractivity contribution < 1.29 is 17.6 Å². The van der Waals surface area contributed by atoms with E-state index in [2.05, 4.69) is 10.3 Å². The highest BCUT2D eigenvalue weighted by molar-refractivity contribution is 8.00.